The Morgan fingerprint density at radius 3 is 1.43 bits per heavy atom. The third-order valence-corrected chi connectivity index (χ3v) is 44.9. The zero-order valence-corrected chi connectivity index (χ0v) is 37.2. The molecular weight excluding hydrogens is 815 g/mol. The van der Waals surface area contributed by atoms with Crippen LogP contribution in [-0.2, 0) is 37.2 Å². The molecule has 1 saturated carbocycles. The van der Waals surface area contributed by atoms with Gasteiger partial charge in [0.2, 0.25) is 0 Å². The predicted molar refractivity (Wildman–Crippen MR) is 231 cm³/mol. The van der Waals surface area contributed by atoms with Crippen molar-refractivity contribution in [2.24, 2.45) is 5.92 Å². The van der Waals surface area contributed by atoms with E-state index in [9.17, 15) is 0 Å². The van der Waals surface area contributed by atoms with Crippen LogP contribution in [0.15, 0.2) is 152 Å². The van der Waals surface area contributed by atoms with Crippen LogP contribution in [0.5, 0.6) is 0 Å². The van der Waals surface area contributed by atoms with Crippen LogP contribution in [-0.4, -0.2) is 3.26 Å². The van der Waals surface area contributed by atoms with E-state index >= 15 is 0 Å². The molecule has 8 rings (SSSR count). The molecule has 276 valence electrons. The number of hydrogen-bond acceptors (Lipinski definition) is 0. The van der Waals surface area contributed by atoms with Crippen molar-refractivity contribution in [2.75, 3.05) is 0 Å². The van der Waals surface area contributed by atoms with Gasteiger partial charge in [0.15, 0.2) is 0 Å². The number of rotatable bonds is 8. The third kappa shape index (κ3) is 6.47. The van der Waals surface area contributed by atoms with Gasteiger partial charge in [0.1, 0.15) is 0 Å². The first-order valence-electron chi connectivity index (χ1n) is 20.8. The molecule has 1 fully saturated rings. The maximum atomic E-state index is 2.70. The molecule has 0 saturated heterocycles. The van der Waals surface area contributed by atoms with Gasteiger partial charge in [0.25, 0.3) is 0 Å². The molecule has 0 nitrogen and oxygen atoms in total. The van der Waals surface area contributed by atoms with Crippen molar-refractivity contribution in [3.8, 4) is 11.1 Å². The zero-order valence-electron chi connectivity index (χ0n) is 33.6. The summed E-state index contributed by atoms with van der Waals surface area (Å²) in [6, 6.07) is 50.8. The number of allylic oxidation sites excluding steroid dienone is 4. The first-order valence-corrected chi connectivity index (χ1v) is 31.8. The van der Waals surface area contributed by atoms with Gasteiger partial charge < -0.3 is 0 Å². The van der Waals surface area contributed by atoms with E-state index in [2.05, 4.69) is 193 Å². The molecule has 5 aromatic rings. The van der Waals surface area contributed by atoms with Crippen molar-refractivity contribution in [1.29, 1.82) is 0 Å². The fraction of sp³-hybridized carbons (Fsp3) is 0.340. The molecule has 0 N–H and O–H groups in total. The Balaban J connectivity index is 1.67. The van der Waals surface area contributed by atoms with E-state index in [1.807, 2.05) is 3.26 Å². The van der Waals surface area contributed by atoms with Gasteiger partial charge in [-0.2, -0.15) is 0 Å². The first-order chi connectivity index (χ1) is 26.0. The Morgan fingerprint density at radius 2 is 0.981 bits per heavy atom. The molecule has 0 bridgehead atoms. The Labute approximate surface area is 327 Å². The molecule has 5 aromatic carbocycles. The third-order valence-electron chi connectivity index (χ3n) is 13.8. The van der Waals surface area contributed by atoms with Gasteiger partial charge in [-0.3, -0.25) is 0 Å². The summed E-state index contributed by atoms with van der Waals surface area (Å²) in [5.41, 5.74) is 13.7. The van der Waals surface area contributed by atoms with Crippen molar-refractivity contribution >= 4 is 3.26 Å². The average molecular weight is 876 g/mol. The molecule has 0 amide bonds. The molecule has 3 aliphatic rings. The Bertz CT molecular complexity index is 2130. The van der Waals surface area contributed by atoms with Crippen LogP contribution in [0.1, 0.15) is 116 Å². The molecule has 0 atom stereocenters. The van der Waals surface area contributed by atoms with Crippen LogP contribution < -0.4 is 0 Å². The fourth-order valence-electron chi connectivity index (χ4n) is 11.4. The van der Waals surface area contributed by atoms with Crippen LogP contribution in [0.4, 0.5) is 0 Å². The molecule has 0 unspecified atom stereocenters. The quantitative estimate of drug-likeness (QED) is 0.136. The van der Waals surface area contributed by atoms with Crippen LogP contribution in [0.3, 0.4) is 0 Å². The molecule has 54 heavy (non-hydrogen) atoms. The molecule has 0 aromatic heterocycles. The molecule has 0 heterocycles. The van der Waals surface area contributed by atoms with E-state index in [-0.39, 0.29) is 10.8 Å². The van der Waals surface area contributed by atoms with Crippen molar-refractivity contribution in [2.45, 2.75) is 100 Å². The van der Waals surface area contributed by atoms with Crippen molar-refractivity contribution < 1.29 is 18.0 Å². The van der Waals surface area contributed by atoms with Gasteiger partial charge in [-0.05, 0) is 0 Å². The summed E-state index contributed by atoms with van der Waals surface area (Å²) in [5, 5.41) is 0. The van der Waals surface area contributed by atoms with Gasteiger partial charge in [0.05, 0.1) is 0 Å². The van der Waals surface area contributed by atoms with E-state index in [1.165, 1.54) is 71.0 Å². The van der Waals surface area contributed by atoms with E-state index < -0.39 is 18.0 Å². The van der Waals surface area contributed by atoms with Crippen molar-refractivity contribution in [3.05, 3.63) is 191 Å². The topological polar surface area (TPSA) is 0 Å². The SMILES string of the molecule is CC(C)(C)c1ccc2c(c1)[CH]([Hf]([CH2]c1ccccc1)([CH2]c1ccccc1)(=[C](c1ccccc1)C1CCCCC1)[CH]1C=CC=C1)c1cc(C(C)(C)C)ccc1-2. The van der Waals surface area contributed by atoms with Crippen LogP contribution in [0.25, 0.3) is 11.1 Å². The maximum absolute atomic E-state index is 5.13. The summed E-state index contributed by atoms with van der Waals surface area (Å²) < 4.78 is 4.88. The second-order valence-corrected chi connectivity index (χ2v) is 41.6. The molecule has 0 radical (unpaired) electrons. The van der Waals surface area contributed by atoms with Gasteiger partial charge >= 0.3 is 329 Å². The van der Waals surface area contributed by atoms with E-state index in [0.29, 0.717) is 13.3 Å². The standard InChI is InChI=1S/C21H25.C13H16.2C7H7.C5H5.Hf/c1-20(2,3)16-7-9-18-14(12-16)11-15-13-17(21(4,5)6)8-10-19(15)18;1-3-7-12(8-4-1)11-13-9-5-2-6-10-13;2*1-7-5-3-2-4-6-7;1-2-4-5-3-1;/h7-13H,1-6H3;1,3-4,7-8,13H,2,5-6,9-10H2;2*2-6H,1H2;1-5H;. The second kappa shape index (κ2) is 14.4. The van der Waals surface area contributed by atoms with Gasteiger partial charge in [-0.15, -0.1) is 0 Å². The molecular formula is C53H60Hf. The van der Waals surface area contributed by atoms with Gasteiger partial charge in [-0.1, -0.05) is 0 Å². The van der Waals surface area contributed by atoms with Crippen LogP contribution in [0, 0.1) is 5.92 Å². The zero-order chi connectivity index (χ0) is 37.6. The number of hydrogen-bond donors (Lipinski definition) is 0. The predicted octanol–water partition coefficient (Wildman–Crippen LogP) is 14.2. The minimum atomic E-state index is -5.13. The monoisotopic (exact) mass is 876 g/mol. The minimum absolute atomic E-state index is 0.0404. The summed E-state index contributed by atoms with van der Waals surface area (Å²) in [6.07, 6.45) is 16.8. The number of fused-ring (bicyclic) bond motifs is 3. The Kier molecular flexibility index (Phi) is 9.96. The molecule has 1 heteroatoms. The number of benzene rings is 5. The summed E-state index contributed by atoms with van der Waals surface area (Å²) in [7, 11) is 0. The summed E-state index contributed by atoms with van der Waals surface area (Å²) in [4.78, 5) is 0. The second-order valence-electron chi connectivity index (χ2n) is 19.1. The summed E-state index contributed by atoms with van der Waals surface area (Å²) in [6.45, 7) is 14.4. The fourth-order valence-corrected chi connectivity index (χ4v) is 48.4. The molecule has 0 spiro atoms. The Morgan fingerprint density at radius 1 is 0.537 bits per heavy atom. The first kappa shape index (κ1) is 37.3. The molecule has 3 aliphatic carbocycles. The molecule has 0 aliphatic heterocycles. The van der Waals surface area contributed by atoms with E-state index in [1.54, 1.807) is 11.1 Å². The van der Waals surface area contributed by atoms with E-state index in [4.69, 9.17) is 0 Å². The van der Waals surface area contributed by atoms with Crippen LogP contribution >= 0.6 is 0 Å². The van der Waals surface area contributed by atoms with Gasteiger partial charge in [0, 0.05) is 0 Å². The summed E-state index contributed by atoms with van der Waals surface area (Å²) >= 11 is -5.13. The van der Waals surface area contributed by atoms with E-state index in [0.717, 1.165) is 8.35 Å². The van der Waals surface area contributed by atoms with Crippen molar-refractivity contribution in [3.63, 3.8) is 0 Å². The van der Waals surface area contributed by atoms with Crippen molar-refractivity contribution in [1.82, 2.24) is 0 Å². The summed E-state index contributed by atoms with van der Waals surface area (Å²) in [5.74, 6) is 0.565. The average Bonchev–Trinajstić information content (AvgIpc) is 3.84. The Hall–Kier alpha value is -3.68. The van der Waals surface area contributed by atoms with Gasteiger partial charge in [-0.25, -0.2) is 0 Å². The van der Waals surface area contributed by atoms with Crippen LogP contribution in [0.2, 0.25) is 3.67 Å². The normalized spacial score (nSPS) is 16.8.